The van der Waals surface area contributed by atoms with Crippen LogP contribution >= 0.6 is 11.6 Å². The van der Waals surface area contributed by atoms with Crippen LogP contribution in [0.25, 0.3) is 22.0 Å². The number of fused-ring (bicyclic) bond motifs is 1. The second kappa shape index (κ2) is 6.96. The molecule has 0 amide bonds. The summed E-state index contributed by atoms with van der Waals surface area (Å²) < 4.78 is 53.6. The molecule has 1 heterocycles. The first-order valence-corrected chi connectivity index (χ1v) is 10.1. The molecule has 0 unspecified atom stereocenters. The van der Waals surface area contributed by atoms with Crippen LogP contribution in [0.3, 0.4) is 0 Å². The van der Waals surface area contributed by atoms with Gasteiger partial charge in [-0.05, 0) is 48.0 Å². The maximum atomic E-state index is 13.6. The molecule has 28 heavy (non-hydrogen) atoms. The van der Waals surface area contributed by atoms with E-state index in [1.807, 2.05) is 0 Å². The maximum absolute atomic E-state index is 13.6. The first-order valence-electron chi connectivity index (χ1n) is 8.21. The summed E-state index contributed by atoms with van der Waals surface area (Å²) in [6, 6.07) is 15.1. The Balaban J connectivity index is 2.07. The number of benzene rings is 3. The Morgan fingerprint density at radius 2 is 1.61 bits per heavy atom. The quantitative estimate of drug-likeness (QED) is 0.433. The lowest BCUT2D eigenvalue weighted by atomic mass is 10.0. The highest BCUT2D eigenvalue weighted by Crippen LogP contribution is 2.37. The molecule has 0 aliphatic carbocycles. The monoisotopic (exact) mass is 415 g/mol. The molecule has 3 aromatic carbocycles. The number of pyridine rings is 1. The van der Waals surface area contributed by atoms with E-state index in [-0.39, 0.29) is 9.79 Å². The van der Waals surface area contributed by atoms with Crippen molar-refractivity contribution < 1.29 is 17.2 Å². The van der Waals surface area contributed by atoms with Gasteiger partial charge in [0, 0.05) is 22.2 Å². The molecule has 0 radical (unpaired) electrons. The van der Waals surface area contributed by atoms with E-state index in [1.165, 1.54) is 48.7 Å². The number of halogens is 3. The molecule has 0 N–H and O–H groups in total. The van der Waals surface area contributed by atoms with Gasteiger partial charge >= 0.3 is 0 Å². The van der Waals surface area contributed by atoms with Crippen molar-refractivity contribution >= 4 is 32.3 Å². The molecule has 0 saturated carbocycles. The zero-order valence-electron chi connectivity index (χ0n) is 14.2. The molecule has 0 atom stereocenters. The highest BCUT2D eigenvalue weighted by atomic mass is 35.5. The van der Waals surface area contributed by atoms with Crippen LogP contribution < -0.4 is 0 Å². The van der Waals surface area contributed by atoms with Crippen molar-refractivity contribution in [2.45, 2.75) is 9.79 Å². The molecule has 0 saturated heterocycles. The first kappa shape index (κ1) is 18.5. The third kappa shape index (κ3) is 3.25. The molecule has 4 rings (SSSR count). The van der Waals surface area contributed by atoms with Gasteiger partial charge in [-0.15, -0.1) is 0 Å². The van der Waals surface area contributed by atoms with Crippen molar-refractivity contribution in [1.29, 1.82) is 0 Å². The molecular formula is C21H12ClF2NO2S. The summed E-state index contributed by atoms with van der Waals surface area (Å²) in [5, 5.41) is 0.985. The summed E-state index contributed by atoms with van der Waals surface area (Å²) >= 11 is 6.03. The second-order valence-corrected chi connectivity index (χ2v) is 8.48. The van der Waals surface area contributed by atoms with Gasteiger partial charge in [0.15, 0.2) is 0 Å². The van der Waals surface area contributed by atoms with Gasteiger partial charge in [0.25, 0.3) is 0 Å². The summed E-state index contributed by atoms with van der Waals surface area (Å²) in [6.07, 6.45) is 1.22. The molecule has 1 aromatic heterocycles. The molecule has 7 heteroatoms. The minimum Gasteiger partial charge on any atom is -0.255 e. The average molecular weight is 416 g/mol. The Hall–Kier alpha value is -2.83. The van der Waals surface area contributed by atoms with Crippen LogP contribution in [0.5, 0.6) is 0 Å². The molecule has 0 fully saturated rings. The smallest absolute Gasteiger partial charge is 0.208 e. The van der Waals surface area contributed by atoms with E-state index in [2.05, 4.69) is 4.98 Å². The zero-order valence-corrected chi connectivity index (χ0v) is 15.8. The standard InChI is InChI=1S/C21H12ClF2NO2S/c22-14-6-9-18-19(10-14)25-12-20(21(18)13-4-7-15(23)8-5-13)28(26,27)17-3-1-2-16(24)11-17/h1-12H. The number of aromatic nitrogens is 1. The topological polar surface area (TPSA) is 47.0 Å². The predicted molar refractivity (Wildman–Crippen MR) is 104 cm³/mol. The minimum atomic E-state index is -4.08. The molecule has 3 nitrogen and oxygen atoms in total. The van der Waals surface area contributed by atoms with Crippen LogP contribution in [0.1, 0.15) is 0 Å². The number of rotatable bonds is 3. The van der Waals surface area contributed by atoms with Gasteiger partial charge in [0.05, 0.1) is 15.3 Å². The average Bonchev–Trinajstić information content (AvgIpc) is 2.67. The molecule has 4 aromatic rings. The number of nitrogens with zero attached hydrogens (tertiary/aromatic N) is 1. The van der Waals surface area contributed by atoms with E-state index >= 15 is 0 Å². The lowest BCUT2D eigenvalue weighted by Gasteiger charge is -2.14. The predicted octanol–water partition coefficient (Wildman–Crippen LogP) is 5.67. The van der Waals surface area contributed by atoms with E-state index < -0.39 is 21.5 Å². The first-order chi connectivity index (χ1) is 13.4. The van der Waals surface area contributed by atoms with Gasteiger partial charge in [0.2, 0.25) is 9.84 Å². The lowest BCUT2D eigenvalue weighted by Crippen LogP contribution is -2.06. The van der Waals surface area contributed by atoms with E-state index in [4.69, 9.17) is 11.6 Å². The van der Waals surface area contributed by atoms with Crippen molar-refractivity contribution in [2.24, 2.45) is 0 Å². The summed E-state index contributed by atoms with van der Waals surface area (Å²) in [6.45, 7) is 0. The summed E-state index contributed by atoms with van der Waals surface area (Å²) in [4.78, 5) is 3.94. The Morgan fingerprint density at radius 1 is 0.857 bits per heavy atom. The Kier molecular flexibility index (Phi) is 4.61. The molecule has 140 valence electrons. The van der Waals surface area contributed by atoms with Crippen LogP contribution in [0.15, 0.2) is 82.7 Å². The Labute approximate surface area is 165 Å². The summed E-state index contributed by atoms with van der Waals surface area (Å²) in [7, 11) is -4.08. The fraction of sp³-hybridized carbons (Fsp3) is 0. The van der Waals surface area contributed by atoms with E-state index in [1.54, 1.807) is 18.2 Å². The second-order valence-electron chi connectivity index (χ2n) is 6.13. The Bertz CT molecular complexity index is 1310. The van der Waals surface area contributed by atoms with Gasteiger partial charge in [-0.2, -0.15) is 0 Å². The molecule has 0 bridgehead atoms. The van der Waals surface area contributed by atoms with Crippen molar-refractivity contribution in [3.05, 3.63) is 89.6 Å². The Morgan fingerprint density at radius 3 is 2.32 bits per heavy atom. The zero-order chi connectivity index (χ0) is 19.9. The fourth-order valence-electron chi connectivity index (χ4n) is 3.03. The summed E-state index contributed by atoms with van der Waals surface area (Å²) in [5.74, 6) is -1.11. The van der Waals surface area contributed by atoms with Crippen molar-refractivity contribution in [1.82, 2.24) is 4.98 Å². The molecule has 0 spiro atoms. The minimum absolute atomic E-state index is 0.0977. The highest BCUT2D eigenvalue weighted by Gasteiger charge is 2.25. The fourth-order valence-corrected chi connectivity index (χ4v) is 4.66. The highest BCUT2D eigenvalue weighted by molar-refractivity contribution is 7.91. The van der Waals surface area contributed by atoms with Gasteiger partial charge < -0.3 is 0 Å². The van der Waals surface area contributed by atoms with E-state index in [0.717, 1.165) is 6.07 Å². The van der Waals surface area contributed by atoms with Crippen LogP contribution in [-0.4, -0.2) is 13.4 Å². The molecule has 0 aliphatic heterocycles. The van der Waals surface area contributed by atoms with Crippen molar-refractivity contribution in [2.75, 3.05) is 0 Å². The third-order valence-corrected chi connectivity index (χ3v) is 6.32. The van der Waals surface area contributed by atoms with E-state index in [0.29, 0.717) is 27.1 Å². The van der Waals surface area contributed by atoms with Crippen LogP contribution in [-0.2, 0) is 9.84 Å². The third-order valence-electron chi connectivity index (χ3n) is 4.33. The van der Waals surface area contributed by atoms with Crippen molar-refractivity contribution in [3.8, 4) is 11.1 Å². The van der Waals surface area contributed by atoms with Crippen LogP contribution in [0.4, 0.5) is 8.78 Å². The van der Waals surface area contributed by atoms with Gasteiger partial charge in [0.1, 0.15) is 11.6 Å². The van der Waals surface area contributed by atoms with Crippen LogP contribution in [0, 0.1) is 11.6 Å². The largest absolute Gasteiger partial charge is 0.255 e. The van der Waals surface area contributed by atoms with Gasteiger partial charge in [-0.25, -0.2) is 17.2 Å². The molecular weight excluding hydrogens is 404 g/mol. The summed E-state index contributed by atoms with van der Waals surface area (Å²) in [5.41, 5.74) is 1.34. The number of sulfone groups is 1. The SMILES string of the molecule is O=S(=O)(c1cccc(F)c1)c1cnc2cc(Cl)ccc2c1-c1ccc(F)cc1. The van der Waals surface area contributed by atoms with Crippen LogP contribution in [0.2, 0.25) is 5.02 Å². The maximum Gasteiger partial charge on any atom is 0.208 e. The normalized spacial score (nSPS) is 11.7. The number of hydrogen-bond acceptors (Lipinski definition) is 3. The number of hydrogen-bond donors (Lipinski definition) is 0. The van der Waals surface area contributed by atoms with E-state index in [9.17, 15) is 17.2 Å². The van der Waals surface area contributed by atoms with Gasteiger partial charge in [-0.3, -0.25) is 4.98 Å². The lowest BCUT2D eigenvalue weighted by molar-refractivity contribution is 0.591. The van der Waals surface area contributed by atoms with Crippen molar-refractivity contribution in [3.63, 3.8) is 0 Å². The van der Waals surface area contributed by atoms with Gasteiger partial charge in [-0.1, -0.05) is 35.9 Å². The molecule has 0 aliphatic rings.